The Kier molecular flexibility index (Phi) is 6.00. The lowest BCUT2D eigenvalue weighted by Gasteiger charge is -2.17. The Morgan fingerprint density at radius 3 is 2.77 bits per heavy atom. The van der Waals surface area contributed by atoms with Crippen molar-refractivity contribution in [2.24, 2.45) is 13.0 Å². The number of aromatic nitrogens is 2. The minimum atomic E-state index is 0.226. The maximum atomic E-state index is 12.6. The second-order valence-electron chi connectivity index (χ2n) is 6.24. The molecule has 1 fully saturated rings. The Morgan fingerprint density at radius 1 is 1.36 bits per heavy atom. The van der Waals surface area contributed by atoms with Crippen molar-refractivity contribution in [3.8, 4) is 0 Å². The van der Waals surface area contributed by atoms with Gasteiger partial charge in [0.15, 0.2) is 0 Å². The van der Waals surface area contributed by atoms with E-state index in [2.05, 4.69) is 18.9 Å². The minimum absolute atomic E-state index is 0.226. The lowest BCUT2D eigenvalue weighted by molar-refractivity contribution is -0.129. The molecule has 0 saturated carbocycles. The monoisotopic (exact) mass is 307 g/mol. The molecule has 1 unspecified atom stereocenters. The predicted octanol–water partition coefficient (Wildman–Crippen LogP) is 1.71. The zero-order chi connectivity index (χ0) is 16.1. The van der Waals surface area contributed by atoms with Crippen molar-refractivity contribution < 1.29 is 9.90 Å². The van der Waals surface area contributed by atoms with Gasteiger partial charge in [0, 0.05) is 38.0 Å². The van der Waals surface area contributed by atoms with Crippen LogP contribution in [0.5, 0.6) is 0 Å². The summed E-state index contributed by atoms with van der Waals surface area (Å²) in [6, 6.07) is 0. The molecule has 1 aromatic rings. The summed E-state index contributed by atoms with van der Waals surface area (Å²) in [5.74, 6) is 0.783. The fourth-order valence-corrected chi connectivity index (χ4v) is 3.53. The fraction of sp³-hybridized carbons (Fsp3) is 0.765. The van der Waals surface area contributed by atoms with Gasteiger partial charge in [0.1, 0.15) is 0 Å². The maximum Gasteiger partial charge on any atom is 0.227 e. The average Bonchev–Trinajstić information content (AvgIpc) is 3.09. The number of rotatable bonds is 7. The molecule has 1 saturated heterocycles. The molecule has 2 rings (SSSR count). The third kappa shape index (κ3) is 3.69. The second-order valence-corrected chi connectivity index (χ2v) is 6.24. The quantitative estimate of drug-likeness (QED) is 0.834. The standard InChI is InChI=1S/C17H29N3O2/c1-4-15-14(16(5-2)19(3)18-15)11-17(22)20-9-8-13(12-20)7-6-10-21/h13,21H,4-12H2,1-3H3. The first-order chi connectivity index (χ1) is 10.6. The topological polar surface area (TPSA) is 58.4 Å². The summed E-state index contributed by atoms with van der Waals surface area (Å²) in [6.45, 7) is 6.17. The van der Waals surface area contributed by atoms with Crippen molar-refractivity contribution >= 4 is 5.91 Å². The smallest absolute Gasteiger partial charge is 0.227 e. The highest BCUT2D eigenvalue weighted by molar-refractivity contribution is 5.79. The first kappa shape index (κ1) is 17.0. The van der Waals surface area contributed by atoms with Crippen LogP contribution in [0.2, 0.25) is 0 Å². The molecule has 1 amide bonds. The molecule has 0 aliphatic carbocycles. The molecule has 1 atom stereocenters. The van der Waals surface area contributed by atoms with Gasteiger partial charge in [-0.05, 0) is 38.0 Å². The lowest BCUT2D eigenvalue weighted by Crippen LogP contribution is -2.30. The number of aliphatic hydroxyl groups excluding tert-OH is 1. The minimum Gasteiger partial charge on any atom is -0.396 e. The van der Waals surface area contributed by atoms with Gasteiger partial charge in [0.25, 0.3) is 0 Å². The van der Waals surface area contributed by atoms with Crippen LogP contribution in [0.4, 0.5) is 0 Å². The lowest BCUT2D eigenvalue weighted by atomic mass is 10.0. The highest BCUT2D eigenvalue weighted by Gasteiger charge is 2.27. The number of likely N-dealkylation sites (tertiary alicyclic amines) is 1. The van der Waals surface area contributed by atoms with Gasteiger partial charge in [-0.15, -0.1) is 0 Å². The molecule has 0 spiro atoms. The summed E-state index contributed by atoms with van der Waals surface area (Å²) in [5.41, 5.74) is 3.38. The van der Waals surface area contributed by atoms with Crippen molar-refractivity contribution in [2.75, 3.05) is 19.7 Å². The van der Waals surface area contributed by atoms with Crippen LogP contribution >= 0.6 is 0 Å². The third-order valence-electron chi connectivity index (χ3n) is 4.76. The van der Waals surface area contributed by atoms with Gasteiger partial charge >= 0.3 is 0 Å². The number of aliphatic hydroxyl groups is 1. The molecule has 124 valence electrons. The Hall–Kier alpha value is -1.36. The van der Waals surface area contributed by atoms with Crippen LogP contribution in [0.3, 0.4) is 0 Å². The Morgan fingerprint density at radius 2 is 2.14 bits per heavy atom. The number of amides is 1. The summed E-state index contributed by atoms with van der Waals surface area (Å²) < 4.78 is 1.93. The number of nitrogens with zero attached hydrogens (tertiary/aromatic N) is 3. The molecule has 1 N–H and O–H groups in total. The SMILES string of the molecule is CCc1nn(C)c(CC)c1CC(=O)N1CCC(CCCO)C1. The van der Waals surface area contributed by atoms with E-state index in [0.29, 0.717) is 12.3 Å². The summed E-state index contributed by atoms with van der Waals surface area (Å²) in [7, 11) is 1.97. The van der Waals surface area contributed by atoms with Crippen molar-refractivity contribution in [1.82, 2.24) is 14.7 Å². The highest BCUT2D eigenvalue weighted by atomic mass is 16.2. The van der Waals surface area contributed by atoms with Crippen LogP contribution in [0.1, 0.15) is 50.1 Å². The van der Waals surface area contributed by atoms with E-state index in [4.69, 9.17) is 5.11 Å². The molecule has 2 heterocycles. The molecular weight excluding hydrogens is 278 g/mol. The van der Waals surface area contributed by atoms with Gasteiger partial charge in [0.05, 0.1) is 12.1 Å². The molecule has 1 aromatic heterocycles. The molecular formula is C17H29N3O2. The normalized spacial score (nSPS) is 18.2. The first-order valence-corrected chi connectivity index (χ1v) is 8.52. The predicted molar refractivity (Wildman–Crippen MR) is 86.7 cm³/mol. The molecule has 22 heavy (non-hydrogen) atoms. The number of hydrogen-bond donors (Lipinski definition) is 1. The van der Waals surface area contributed by atoms with E-state index < -0.39 is 0 Å². The zero-order valence-corrected chi connectivity index (χ0v) is 14.1. The molecule has 0 aromatic carbocycles. The summed E-state index contributed by atoms with van der Waals surface area (Å²) in [5, 5.41) is 13.5. The van der Waals surface area contributed by atoms with Crippen molar-refractivity contribution in [3.05, 3.63) is 17.0 Å². The molecule has 5 heteroatoms. The van der Waals surface area contributed by atoms with E-state index in [1.165, 1.54) is 5.69 Å². The highest BCUT2D eigenvalue weighted by Crippen LogP contribution is 2.23. The summed E-state index contributed by atoms with van der Waals surface area (Å²) in [6.07, 6.45) is 5.19. The Labute approximate surface area is 133 Å². The van der Waals surface area contributed by atoms with E-state index in [1.807, 2.05) is 16.6 Å². The molecule has 0 radical (unpaired) electrons. The van der Waals surface area contributed by atoms with Gasteiger partial charge in [-0.3, -0.25) is 9.48 Å². The van der Waals surface area contributed by atoms with Crippen LogP contribution in [0.25, 0.3) is 0 Å². The Balaban J connectivity index is 2.01. The van der Waals surface area contributed by atoms with E-state index in [-0.39, 0.29) is 12.5 Å². The summed E-state index contributed by atoms with van der Waals surface area (Å²) >= 11 is 0. The zero-order valence-electron chi connectivity index (χ0n) is 14.1. The van der Waals surface area contributed by atoms with Gasteiger partial charge in [-0.25, -0.2) is 0 Å². The van der Waals surface area contributed by atoms with Gasteiger partial charge in [0.2, 0.25) is 5.91 Å². The van der Waals surface area contributed by atoms with Crippen LogP contribution in [-0.4, -0.2) is 45.4 Å². The molecule has 1 aliphatic rings. The Bertz CT molecular complexity index is 510. The molecule has 5 nitrogen and oxygen atoms in total. The van der Waals surface area contributed by atoms with Crippen LogP contribution in [0.15, 0.2) is 0 Å². The van der Waals surface area contributed by atoms with Crippen LogP contribution in [0, 0.1) is 5.92 Å². The van der Waals surface area contributed by atoms with Crippen molar-refractivity contribution in [1.29, 1.82) is 0 Å². The van der Waals surface area contributed by atoms with Crippen LogP contribution in [-0.2, 0) is 31.1 Å². The van der Waals surface area contributed by atoms with Crippen LogP contribution < -0.4 is 0 Å². The average molecular weight is 307 g/mol. The van der Waals surface area contributed by atoms with Crippen molar-refractivity contribution in [3.63, 3.8) is 0 Å². The number of hydrogen-bond acceptors (Lipinski definition) is 3. The second kappa shape index (κ2) is 7.77. The van der Waals surface area contributed by atoms with E-state index in [1.54, 1.807) is 0 Å². The third-order valence-corrected chi connectivity index (χ3v) is 4.76. The van der Waals surface area contributed by atoms with Crippen molar-refractivity contribution in [2.45, 2.75) is 52.4 Å². The van der Waals surface area contributed by atoms with Gasteiger partial charge in [-0.2, -0.15) is 5.10 Å². The first-order valence-electron chi connectivity index (χ1n) is 8.52. The number of aryl methyl sites for hydroxylation is 2. The van der Waals surface area contributed by atoms with E-state index in [9.17, 15) is 4.79 Å². The van der Waals surface area contributed by atoms with Gasteiger partial charge in [-0.1, -0.05) is 13.8 Å². The fourth-order valence-electron chi connectivity index (χ4n) is 3.53. The van der Waals surface area contributed by atoms with Gasteiger partial charge < -0.3 is 10.0 Å². The molecule has 0 bridgehead atoms. The summed E-state index contributed by atoms with van der Waals surface area (Å²) in [4.78, 5) is 14.6. The largest absolute Gasteiger partial charge is 0.396 e. The molecule has 1 aliphatic heterocycles. The van der Waals surface area contributed by atoms with E-state index >= 15 is 0 Å². The number of carbonyl (C=O) groups excluding carboxylic acids is 1. The van der Waals surface area contributed by atoms with E-state index in [0.717, 1.165) is 56.5 Å². The number of carbonyl (C=O) groups is 1. The maximum absolute atomic E-state index is 12.6.